The fourth-order valence-electron chi connectivity index (χ4n) is 4.82. The lowest BCUT2D eigenvalue weighted by molar-refractivity contribution is 0.0727. The highest BCUT2D eigenvalue weighted by atomic mass is 19.1. The summed E-state index contributed by atoms with van der Waals surface area (Å²) >= 11 is 0. The fourth-order valence-corrected chi connectivity index (χ4v) is 4.82. The Balaban J connectivity index is 1.36. The Morgan fingerprint density at radius 1 is 1.14 bits per heavy atom. The van der Waals surface area contributed by atoms with E-state index in [2.05, 4.69) is 10.1 Å². The lowest BCUT2D eigenvalue weighted by Gasteiger charge is -2.33. The quantitative estimate of drug-likeness (QED) is 0.407. The van der Waals surface area contributed by atoms with Crippen LogP contribution < -0.4 is 4.74 Å². The molecule has 0 unspecified atom stereocenters. The van der Waals surface area contributed by atoms with Crippen molar-refractivity contribution in [2.24, 2.45) is 7.05 Å². The van der Waals surface area contributed by atoms with Crippen LogP contribution in [0.3, 0.4) is 0 Å². The van der Waals surface area contributed by atoms with Crippen molar-refractivity contribution in [1.29, 1.82) is 0 Å². The number of hydrogen-bond acceptors (Lipinski definition) is 4. The second-order valence-electron chi connectivity index (χ2n) is 9.38. The van der Waals surface area contributed by atoms with Crippen LogP contribution in [-0.4, -0.2) is 47.4 Å². The maximum atomic E-state index is 15.3. The van der Waals surface area contributed by atoms with Crippen LogP contribution in [0.2, 0.25) is 0 Å². The number of pyridine rings is 1. The van der Waals surface area contributed by atoms with E-state index in [1.54, 1.807) is 36.1 Å². The SMILES string of the molecule is [B]C1([B])c2ncccc2C(=O)N1Cc1c(F)cc(-c2ccc(OC3CCC3)c3nn(C)cc23)cc1F. The normalized spacial score (nSPS) is 16.9. The van der Waals surface area contributed by atoms with Crippen LogP contribution in [0, 0.1) is 11.6 Å². The summed E-state index contributed by atoms with van der Waals surface area (Å²) in [4.78, 5) is 18.0. The number of hydrogen-bond donors (Lipinski definition) is 0. The van der Waals surface area contributed by atoms with Crippen LogP contribution >= 0.6 is 0 Å². The monoisotopic (exact) mass is 480 g/mol. The number of ether oxygens (including phenoxy) is 1. The van der Waals surface area contributed by atoms with Crippen LogP contribution in [0.4, 0.5) is 8.78 Å². The van der Waals surface area contributed by atoms with E-state index in [0.29, 0.717) is 22.4 Å². The van der Waals surface area contributed by atoms with Crippen molar-refractivity contribution in [1.82, 2.24) is 19.7 Å². The number of halogens is 2. The molecule has 0 atom stereocenters. The molecule has 0 N–H and O–H groups in total. The van der Waals surface area contributed by atoms with Crippen molar-refractivity contribution in [3.63, 3.8) is 0 Å². The molecule has 10 heteroatoms. The molecule has 4 aromatic rings. The van der Waals surface area contributed by atoms with E-state index >= 15 is 8.78 Å². The minimum atomic E-state index is -1.79. The van der Waals surface area contributed by atoms with Gasteiger partial charge in [0.25, 0.3) is 5.91 Å². The Morgan fingerprint density at radius 3 is 2.56 bits per heavy atom. The van der Waals surface area contributed by atoms with E-state index in [1.807, 2.05) is 0 Å². The van der Waals surface area contributed by atoms with Crippen LogP contribution in [-0.2, 0) is 18.9 Å². The number of carbonyl (C=O) groups is 1. The lowest BCUT2D eigenvalue weighted by atomic mass is 9.59. The Hall–Kier alpha value is -3.68. The molecule has 36 heavy (non-hydrogen) atoms. The first-order valence-corrected chi connectivity index (χ1v) is 11.7. The predicted molar refractivity (Wildman–Crippen MR) is 132 cm³/mol. The Kier molecular flexibility index (Phi) is 5.17. The van der Waals surface area contributed by atoms with Gasteiger partial charge in [0.15, 0.2) is 0 Å². The average molecular weight is 480 g/mol. The van der Waals surface area contributed by atoms with E-state index in [4.69, 9.17) is 20.4 Å². The summed E-state index contributed by atoms with van der Waals surface area (Å²) < 4.78 is 38.4. The fraction of sp³-hybridized carbons (Fsp3) is 0.269. The summed E-state index contributed by atoms with van der Waals surface area (Å²) in [5.41, 5.74) is 1.65. The number of fused-ring (bicyclic) bond motifs is 2. The van der Waals surface area contributed by atoms with Crippen molar-refractivity contribution in [2.45, 2.75) is 37.2 Å². The smallest absolute Gasteiger partial charge is 0.255 e. The predicted octanol–water partition coefficient (Wildman–Crippen LogP) is 3.95. The summed E-state index contributed by atoms with van der Waals surface area (Å²) in [6.07, 6.45) is 6.57. The van der Waals surface area contributed by atoms with Gasteiger partial charge in [-0.25, -0.2) is 8.78 Å². The second kappa shape index (κ2) is 8.18. The minimum absolute atomic E-state index is 0.163. The molecular weight excluding hydrogens is 460 g/mol. The molecule has 6 rings (SSSR count). The van der Waals surface area contributed by atoms with Gasteiger partial charge in [-0.3, -0.25) is 14.5 Å². The topological polar surface area (TPSA) is 60.3 Å². The van der Waals surface area contributed by atoms with E-state index < -0.39 is 29.4 Å². The minimum Gasteiger partial charge on any atom is -0.488 e. The van der Waals surface area contributed by atoms with Gasteiger partial charge >= 0.3 is 0 Å². The summed E-state index contributed by atoms with van der Waals surface area (Å²) in [6.45, 7) is -0.448. The third-order valence-electron chi connectivity index (χ3n) is 6.98. The molecule has 6 nitrogen and oxygen atoms in total. The molecule has 2 aromatic carbocycles. The van der Waals surface area contributed by atoms with Crippen LogP contribution in [0.1, 0.15) is 40.9 Å². The molecule has 3 heterocycles. The molecular formula is C26H20B2F2N4O2. The molecule has 2 aromatic heterocycles. The van der Waals surface area contributed by atoms with Gasteiger partial charge in [0.05, 0.1) is 39.6 Å². The summed E-state index contributed by atoms with van der Waals surface area (Å²) in [7, 11) is 14.1. The average Bonchev–Trinajstić information content (AvgIpc) is 3.29. The number of carbonyl (C=O) groups excluding carboxylic acids is 1. The maximum Gasteiger partial charge on any atom is 0.255 e. The van der Waals surface area contributed by atoms with E-state index in [0.717, 1.165) is 29.5 Å². The Morgan fingerprint density at radius 2 is 1.89 bits per heavy atom. The lowest BCUT2D eigenvalue weighted by Crippen LogP contribution is -2.45. The summed E-state index contributed by atoms with van der Waals surface area (Å²) in [6, 6.07) is 9.17. The van der Waals surface area contributed by atoms with Gasteiger partial charge in [-0.05, 0) is 66.8 Å². The highest BCUT2D eigenvalue weighted by Gasteiger charge is 2.43. The number of nitrogens with zero attached hydrogens (tertiary/aromatic N) is 4. The van der Waals surface area contributed by atoms with Gasteiger partial charge in [0, 0.05) is 35.7 Å². The van der Waals surface area contributed by atoms with E-state index in [-0.39, 0.29) is 22.9 Å². The molecule has 1 amide bonds. The molecule has 0 saturated heterocycles. The number of rotatable bonds is 5. The number of benzene rings is 2. The summed E-state index contributed by atoms with van der Waals surface area (Å²) in [5.74, 6) is -1.52. The highest BCUT2D eigenvalue weighted by molar-refractivity contribution is 6.42. The maximum absolute atomic E-state index is 15.3. The largest absolute Gasteiger partial charge is 0.488 e. The van der Waals surface area contributed by atoms with Crippen molar-refractivity contribution < 1.29 is 18.3 Å². The molecule has 0 spiro atoms. The zero-order valence-electron chi connectivity index (χ0n) is 19.5. The first-order chi connectivity index (χ1) is 17.2. The second-order valence-corrected chi connectivity index (χ2v) is 9.38. The number of aromatic nitrogens is 3. The third-order valence-corrected chi connectivity index (χ3v) is 6.98. The van der Waals surface area contributed by atoms with Crippen LogP contribution in [0.25, 0.3) is 22.0 Å². The molecule has 4 radical (unpaired) electrons. The van der Waals surface area contributed by atoms with Crippen LogP contribution in [0.5, 0.6) is 5.75 Å². The van der Waals surface area contributed by atoms with Gasteiger partial charge in [-0.15, -0.1) is 0 Å². The van der Waals surface area contributed by atoms with Gasteiger partial charge in [-0.2, -0.15) is 5.10 Å². The molecule has 2 aliphatic rings. The van der Waals surface area contributed by atoms with Gasteiger partial charge in [0.2, 0.25) is 0 Å². The standard InChI is InChI=1S/C26H20B2F2N4O2/c1-33-12-18-16(7-8-22(23(18)32-33)36-15-4-2-5-15)14-10-20(29)19(21(30)11-14)13-34-25(35)17-6-3-9-31-24(17)26(34,27)28/h3,6-12,15H,2,4-5,13H2,1H3. The van der Waals surface area contributed by atoms with Gasteiger partial charge < -0.3 is 9.64 Å². The third kappa shape index (κ3) is 3.50. The molecule has 1 fully saturated rings. The number of aryl methyl sites for hydroxylation is 1. The van der Waals surface area contributed by atoms with Crippen molar-refractivity contribution in [3.8, 4) is 16.9 Å². The zero-order valence-corrected chi connectivity index (χ0v) is 19.5. The van der Waals surface area contributed by atoms with Gasteiger partial charge in [-0.1, -0.05) is 0 Å². The zero-order chi connectivity index (χ0) is 25.2. The molecule has 0 bridgehead atoms. The van der Waals surface area contributed by atoms with Crippen molar-refractivity contribution in [2.75, 3.05) is 0 Å². The highest BCUT2D eigenvalue weighted by Crippen LogP contribution is 2.38. The Bertz CT molecular complexity index is 1510. The van der Waals surface area contributed by atoms with E-state index in [1.165, 1.54) is 24.4 Å². The number of amides is 1. The van der Waals surface area contributed by atoms with E-state index in [9.17, 15) is 4.79 Å². The molecule has 176 valence electrons. The Labute approximate surface area is 209 Å². The first-order valence-electron chi connectivity index (χ1n) is 11.7. The van der Waals surface area contributed by atoms with Gasteiger partial charge in [0.1, 0.15) is 22.9 Å². The molecule has 1 aliphatic heterocycles. The van der Waals surface area contributed by atoms with Crippen LogP contribution in [0.15, 0.2) is 48.8 Å². The molecule has 1 saturated carbocycles. The summed E-state index contributed by atoms with van der Waals surface area (Å²) in [5, 5.41) is 3.45. The van der Waals surface area contributed by atoms with Crippen molar-refractivity contribution in [3.05, 3.63) is 77.2 Å². The first kappa shape index (κ1) is 22.8. The van der Waals surface area contributed by atoms with Crippen molar-refractivity contribution >= 4 is 32.5 Å². The molecule has 1 aliphatic carbocycles.